The molecule has 1 aromatic carbocycles. The summed E-state index contributed by atoms with van der Waals surface area (Å²) in [6.07, 6.45) is 3.59. The van der Waals surface area contributed by atoms with E-state index >= 15 is 4.39 Å². The Kier molecular flexibility index (Phi) is 7.29. The Bertz CT molecular complexity index is 1840. The van der Waals surface area contributed by atoms with Crippen LogP contribution in [0.15, 0.2) is 47.9 Å². The second-order valence-corrected chi connectivity index (χ2v) is 11.5. The van der Waals surface area contributed by atoms with Crippen LogP contribution in [0, 0.1) is 12.7 Å². The Hall–Kier alpha value is -4.51. The lowest BCUT2D eigenvalue weighted by Crippen LogP contribution is -2.56. The van der Waals surface area contributed by atoms with E-state index in [1.807, 2.05) is 25.7 Å². The number of phenolic OH excluding ortho intramolecular Hbond substituents is 1. The zero-order valence-corrected chi connectivity index (χ0v) is 24.8. The van der Waals surface area contributed by atoms with Gasteiger partial charge in [-0.1, -0.05) is 38.1 Å². The van der Waals surface area contributed by atoms with Crippen molar-refractivity contribution in [3.63, 3.8) is 0 Å². The topological polar surface area (TPSA) is 116 Å². The highest BCUT2D eigenvalue weighted by Crippen LogP contribution is 2.45. The van der Waals surface area contributed by atoms with Crippen LogP contribution in [-0.4, -0.2) is 67.7 Å². The number of rotatable bonds is 4. The molecule has 4 aromatic rings. The summed E-state index contributed by atoms with van der Waals surface area (Å²) in [5, 5.41) is 14.7. The summed E-state index contributed by atoms with van der Waals surface area (Å²) in [7, 11) is 0. The fourth-order valence-corrected chi connectivity index (χ4v) is 6.36. The van der Waals surface area contributed by atoms with Crippen molar-refractivity contribution in [2.24, 2.45) is 0 Å². The third-order valence-corrected chi connectivity index (χ3v) is 8.49. The number of aromatic nitrogens is 4. The second kappa shape index (κ2) is 11.0. The van der Waals surface area contributed by atoms with E-state index in [1.54, 1.807) is 17.2 Å². The van der Waals surface area contributed by atoms with Gasteiger partial charge >= 0.3 is 5.69 Å². The number of nitrogens with zero attached hydrogens (tertiary/aromatic N) is 6. The smallest absolute Gasteiger partial charge is 0.355 e. The lowest BCUT2D eigenvalue weighted by atomic mass is 10.0. The molecule has 2 N–H and O–H groups in total. The Morgan fingerprint density at radius 3 is 2.77 bits per heavy atom. The highest BCUT2D eigenvalue weighted by atomic mass is 35.5. The zero-order chi connectivity index (χ0) is 30.6. The van der Waals surface area contributed by atoms with Gasteiger partial charge in [-0.3, -0.25) is 9.78 Å². The van der Waals surface area contributed by atoms with E-state index in [0.717, 1.165) is 5.56 Å². The Labute approximate surface area is 252 Å². The highest BCUT2D eigenvalue weighted by molar-refractivity contribution is 6.37. The summed E-state index contributed by atoms with van der Waals surface area (Å²) in [6, 6.07) is 5.63. The molecule has 0 bridgehead atoms. The normalized spacial score (nSPS) is 16.5. The minimum atomic E-state index is -0.710. The van der Waals surface area contributed by atoms with Gasteiger partial charge in [0.1, 0.15) is 23.1 Å². The molecule has 43 heavy (non-hydrogen) atoms. The maximum Gasteiger partial charge on any atom is 0.355 e. The lowest BCUT2D eigenvalue weighted by molar-refractivity contribution is -0.126. The van der Waals surface area contributed by atoms with Crippen LogP contribution < -0.4 is 15.9 Å². The number of nitrogens with one attached hydrogen (secondary N) is 1. The van der Waals surface area contributed by atoms with Gasteiger partial charge in [0.15, 0.2) is 5.65 Å². The number of aromatic hydroxyl groups is 1. The van der Waals surface area contributed by atoms with Crippen LogP contribution in [0.2, 0.25) is 5.02 Å². The predicted molar refractivity (Wildman–Crippen MR) is 165 cm³/mol. The number of piperazine rings is 1. The maximum absolute atomic E-state index is 15.3. The number of hydrogen-bond donors (Lipinski definition) is 2. The molecule has 1 unspecified atom stereocenters. The van der Waals surface area contributed by atoms with Gasteiger partial charge in [-0.2, -0.15) is 4.98 Å². The minimum Gasteiger partial charge on any atom is -0.507 e. The fourth-order valence-electron chi connectivity index (χ4n) is 6.06. The average molecular weight is 604 g/mol. The first kappa shape index (κ1) is 28.6. The lowest BCUT2D eigenvalue weighted by Gasteiger charge is -2.43. The van der Waals surface area contributed by atoms with Crippen molar-refractivity contribution in [2.75, 3.05) is 36.4 Å². The third-order valence-electron chi connectivity index (χ3n) is 8.12. The standard InChI is InChI=1S/C31H31ClFN7O3/c1-5-21(42)38-13-14-39-18(15-38)10-12-35-26-23-29(39)37-31(43)40(28-17(4)9-11-34-25(28)16(2)3)30(23)36-27(24(26)32)22-19(33)7-6-8-20(22)41/h5-9,11,16,18,35,41H,1,10,12-15H2,2-4H3. The van der Waals surface area contributed by atoms with Crippen LogP contribution >= 0.6 is 11.6 Å². The number of anilines is 2. The van der Waals surface area contributed by atoms with E-state index in [2.05, 4.69) is 21.9 Å². The first-order valence-corrected chi connectivity index (χ1v) is 14.5. The molecule has 2 aliphatic heterocycles. The van der Waals surface area contributed by atoms with Crippen molar-refractivity contribution in [1.82, 2.24) is 24.4 Å². The third kappa shape index (κ3) is 4.68. The molecular formula is C31H31ClFN7O3. The van der Waals surface area contributed by atoms with Crippen LogP contribution in [-0.2, 0) is 4.79 Å². The van der Waals surface area contributed by atoms with Gasteiger partial charge in [-0.25, -0.2) is 18.7 Å². The molecule has 0 spiro atoms. The minimum absolute atomic E-state index is 0.0104. The Morgan fingerprint density at radius 2 is 2.05 bits per heavy atom. The predicted octanol–water partition coefficient (Wildman–Crippen LogP) is 4.79. The van der Waals surface area contributed by atoms with Crippen molar-refractivity contribution < 1.29 is 14.3 Å². The van der Waals surface area contributed by atoms with Crippen molar-refractivity contribution in [1.29, 1.82) is 0 Å². The molecule has 0 radical (unpaired) electrons. The van der Waals surface area contributed by atoms with Gasteiger partial charge in [-0.15, -0.1) is 0 Å². The molecule has 1 amide bonds. The molecule has 10 nitrogen and oxygen atoms in total. The number of hydrogen-bond acceptors (Lipinski definition) is 8. The van der Waals surface area contributed by atoms with E-state index in [4.69, 9.17) is 16.6 Å². The van der Waals surface area contributed by atoms with Gasteiger partial charge in [0.2, 0.25) is 5.91 Å². The molecule has 0 aliphatic carbocycles. The highest BCUT2D eigenvalue weighted by Gasteiger charge is 2.35. The number of carbonyl (C=O) groups excluding carboxylic acids is 1. The molecule has 222 valence electrons. The Morgan fingerprint density at radius 1 is 1.26 bits per heavy atom. The summed E-state index contributed by atoms with van der Waals surface area (Å²) >= 11 is 7.00. The summed E-state index contributed by atoms with van der Waals surface area (Å²) in [5.41, 5.74) is 1.83. The van der Waals surface area contributed by atoms with Crippen LogP contribution in [0.25, 0.3) is 28.0 Å². The molecule has 5 heterocycles. The molecule has 1 atom stereocenters. The van der Waals surface area contributed by atoms with Crippen molar-refractivity contribution >= 4 is 40.0 Å². The molecule has 12 heteroatoms. The monoisotopic (exact) mass is 603 g/mol. The van der Waals surface area contributed by atoms with Gasteiger partial charge in [-0.05, 0) is 49.1 Å². The van der Waals surface area contributed by atoms with Gasteiger partial charge in [0.05, 0.1) is 33.0 Å². The van der Waals surface area contributed by atoms with Gasteiger partial charge in [0, 0.05) is 38.4 Å². The van der Waals surface area contributed by atoms with Gasteiger partial charge < -0.3 is 20.2 Å². The fraction of sp³-hybridized carbons (Fsp3) is 0.323. The quantitative estimate of drug-likeness (QED) is 0.320. The average Bonchev–Trinajstić information content (AvgIpc) is 2.97. The van der Waals surface area contributed by atoms with Crippen molar-refractivity contribution in [3.8, 4) is 22.7 Å². The SMILES string of the molecule is C=CC(=O)N1CCN2c3nc(=O)n(-c4c(C)ccnc4C(C)C)c4nc(-c5c(O)cccc5F)c(Cl)c(c34)NCCC2C1. The molecule has 3 aromatic heterocycles. The van der Waals surface area contributed by atoms with E-state index in [1.165, 1.54) is 28.8 Å². The number of phenols is 1. The first-order valence-electron chi connectivity index (χ1n) is 14.1. The zero-order valence-electron chi connectivity index (χ0n) is 24.1. The number of halogens is 2. The summed E-state index contributed by atoms with van der Waals surface area (Å²) in [5.74, 6) is -0.872. The van der Waals surface area contributed by atoms with E-state index in [-0.39, 0.29) is 45.5 Å². The van der Waals surface area contributed by atoms with Crippen LogP contribution in [0.3, 0.4) is 0 Å². The second-order valence-electron chi connectivity index (χ2n) is 11.1. The molecule has 0 saturated carbocycles. The summed E-state index contributed by atoms with van der Waals surface area (Å²) in [4.78, 5) is 44.4. The molecule has 6 rings (SSSR count). The van der Waals surface area contributed by atoms with Gasteiger partial charge in [0.25, 0.3) is 0 Å². The van der Waals surface area contributed by atoms with E-state index < -0.39 is 11.5 Å². The van der Waals surface area contributed by atoms with E-state index in [9.17, 15) is 14.7 Å². The largest absolute Gasteiger partial charge is 0.507 e. The van der Waals surface area contributed by atoms with Crippen LogP contribution in [0.4, 0.5) is 15.9 Å². The van der Waals surface area contributed by atoms with Crippen LogP contribution in [0.5, 0.6) is 5.75 Å². The summed E-state index contributed by atoms with van der Waals surface area (Å²) in [6.45, 7) is 11.2. The van der Waals surface area contributed by atoms with Crippen molar-refractivity contribution in [2.45, 2.75) is 39.2 Å². The molecule has 2 aliphatic rings. The number of carbonyl (C=O) groups is 1. The Balaban J connectivity index is 1.72. The number of pyridine rings is 2. The molecular weight excluding hydrogens is 573 g/mol. The summed E-state index contributed by atoms with van der Waals surface area (Å²) < 4.78 is 16.7. The molecule has 1 fully saturated rings. The number of fused-ring (bicyclic) bond motifs is 2. The number of benzene rings is 1. The number of amides is 1. The van der Waals surface area contributed by atoms with Crippen molar-refractivity contribution in [3.05, 3.63) is 75.7 Å². The maximum atomic E-state index is 15.3. The van der Waals surface area contributed by atoms with E-state index in [0.29, 0.717) is 60.9 Å². The van der Waals surface area contributed by atoms with Crippen LogP contribution in [0.1, 0.15) is 37.4 Å². The first-order chi connectivity index (χ1) is 20.6. The number of aryl methyl sites for hydroxylation is 1. The molecule has 1 saturated heterocycles.